The normalized spacial score (nSPS) is 20.6. The van der Waals surface area contributed by atoms with Gasteiger partial charge in [0.25, 0.3) is 5.91 Å². The van der Waals surface area contributed by atoms with Gasteiger partial charge in [0.1, 0.15) is 0 Å². The number of rotatable bonds is 5. The summed E-state index contributed by atoms with van der Waals surface area (Å²) < 4.78 is 0. The standard InChI is InChI=1S/C23H29ClN4O2S/c1-16-8-11-27(12-9-16)14-20-15-31-23(25-20)26-21(29)18-3-2-10-28(13-18)22(30)17-4-6-19(24)7-5-17/h4-7,15-16,18H,2-3,8-14H2,1H3,(H,25,26,29)/t18-/m0/s1. The van der Waals surface area contributed by atoms with Crippen molar-refractivity contribution < 1.29 is 9.59 Å². The van der Waals surface area contributed by atoms with Crippen LogP contribution in [0.4, 0.5) is 5.13 Å². The molecule has 6 nitrogen and oxygen atoms in total. The van der Waals surface area contributed by atoms with Crippen LogP contribution in [0, 0.1) is 11.8 Å². The molecule has 0 bridgehead atoms. The van der Waals surface area contributed by atoms with E-state index in [9.17, 15) is 9.59 Å². The summed E-state index contributed by atoms with van der Waals surface area (Å²) in [6.07, 6.45) is 4.07. The van der Waals surface area contributed by atoms with Crippen LogP contribution in [0.15, 0.2) is 29.6 Å². The smallest absolute Gasteiger partial charge is 0.253 e. The summed E-state index contributed by atoms with van der Waals surface area (Å²) in [5.74, 6) is 0.479. The summed E-state index contributed by atoms with van der Waals surface area (Å²) in [7, 11) is 0. The molecule has 0 spiro atoms. The lowest BCUT2D eigenvalue weighted by Crippen LogP contribution is -2.43. The van der Waals surface area contributed by atoms with E-state index in [2.05, 4.69) is 22.1 Å². The molecule has 1 N–H and O–H groups in total. The number of piperidine rings is 2. The zero-order valence-corrected chi connectivity index (χ0v) is 19.4. The van der Waals surface area contributed by atoms with Crippen molar-refractivity contribution in [3.8, 4) is 0 Å². The van der Waals surface area contributed by atoms with E-state index in [1.807, 2.05) is 5.38 Å². The Kier molecular flexibility index (Phi) is 7.25. The number of aromatic nitrogens is 1. The summed E-state index contributed by atoms with van der Waals surface area (Å²) in [4.78, 5) is 34.4. The van der Waals surface area contributed by atoms with Crippen molar-refractivity contribution in [2.45, 2.75) is 39.2 Å². The molecule has 2 saturated heterocycles. The van der Waals surface area contributed by atoms with Crippen LogP contribution in [0.25, 0.3) is 0 Å². The highest BCUT2D eigenvalue weighted by Crippen LogP contribution is 2.24. The van der Waals surface area contributed by atoms with Crippen molar-refractivity contribution >= 4 is 39.9 Å². The minimum atomic E-state index is -0.221. The Hall–Kier alpha value is -1.96. The van der Waals surface area contributed by atoms with Crippen LogP contribution >= 0.6 is 22.9 Å². The Balaban J connectivity index is 1.30. The average molecular weight is 461 g/mol. The van der Waals surface area contributed by atoms with Crippen molar-refractivity contribution in [3.05, 3.63) is 45.9 Å². The molecule has 3 heterocycles. The maximum atomic E-state index is 12.8. The summed E-state index contributed by atoms with van der Waals surface area (Å²) in [5.41, 5.74) is 1.61. The topological polar surface area (TPSA) is 65.5 Å². The number of nitrogens with one attached hydrogen (secondary N) is 1. The van der Waals surface area contributed by atoms with Gasteiger partial charge in [0, 0.05) is 35.6 Å². The summed E-state index contributed by atoms with van der Waals surface area (Å²) in [5, 5.41) is 6.26. The van der Waals surface area contributed by atoms with Gasteiger partial charge >= 0.3 is 0 Å². The lowest BCUT2D eigenvalue weighted by Gasteiger charge is -2.32. The summed E-state index contributed by atoms with van der Waals surface area (Å²) in [6.45, 7) is 6.47. The van der Waals surface area contributed by atoms with Crippen molar-refractivity contribution in [1.82, 2.24) is 14.8 Å². The molecule has 31 heavy (non-hydrogen) atoms. The molecule has 166 valence electrons. The van der Waals surface area contributed by atoms with Gasteiger partial charge in [0.15, 0.2) is 5.13 Å². The third-order valence-electron chi connectivity index (χ3n) is 6.21. The van der Waals surface area contributed by atoms with Gasteiger partial charge in [-0.2, -0.15) is 0 Å². The Morgan fingerprint density at radius 3 is 2.65 bits per heavy atom. The second-order valence-corrected chi connectivity index (χ2v) is 9.98. The van der Waals surface area contributed by atoms with E-state index < -0.39 is 0 Å². The predicted molar refractivity (Wildman–Crippen MR) is 124 cm³/mol. The van der Waals surface area contributed by atoms with Crippen molar-refractivity contribution in [2.24, 2.45) is 11.8 Å². The van der Waals surface area contributed by atoms with Crippen LogP contribution in [0.3, 0.4) is 0 Å². The van der Waals surface area contributed by atoms with Crippen molar-refractivity contribution in [1.29, 1.82) is 0 Å². The lowest BCUT2D eigenvalue weighted by molar-refractivity contribution is -0.121. The minimum absolute atomic E-state index is 0.0541. The van der Waals surface area contributed by atoms with E-state index in [4.69, 9.17) is 11.6 Å². The molecule has 4 rings (SSSR count). The molecule has 0 unspecified atom stereocenters. The van der Waals surface area contributed by atoms with E-state index in [1.54, 1.807) is 29.2 Å². The molecule has 8 heteroatoms. The van der Waals surface area contributed by atoms with Crippen LogP contribution in [-0.4, -0.2) is 52.8 Å². The van der Waals surface area contributed by atoms with Gasteiger partial charge in [-0.1, -0.05) is 18.5 Å². The van der Waals surface area contributed by atoms with E-state index >= 15 is 0 Å². The zero-order chi connectivity index (χ0) is 21.8. The van der Waals surface area contributed by atoms with Crippen LogP contribution in [-0.2, 0) is 11.3 Å². The van der Waals surface area contributed by atoms with E-state index in [1.165, 1.54) is 24.2 Å². The predicted octanol–water partition coefficient (Wildman–Crippen LogP) is 4.52. The molecule has 2 aliphatic rings. The molecule has 1 atom stereocenters. The second-order valence-electron chi connectivity index (χ2n) is 8.69. The zero-order valence-electron chi connectivity index (χ0n) is 17.8. The van der Waals surface area contributed by atoms with E-state index in [0.29, 0.717) is 28.8 Å². The highest BCUT2D eigenvalue weighted by Gasteiger charge is 2.29. The van der Waals surface area contributed by atoms with Gasteiger partial charge in [-0.15, -0.1) is 11.3 Å². The van der Waals surface area contributed by atoms with Gasteiger partial charge in [0.05, 0.1) is 11.6 Å². The first kappa shape index (κ1) is 22.2. The number of benzene rings is 1. The minimum Gasteiger partial charge on any atom is -0.338 e. The molecular weight excluding hydrogens is 432 g/mol. The molecule has 0 aliphatic carbocycles. The van der Waals surface area contributed by atoms with E-state index in [-0.39, 0.29) is 17.7 Å². The Morgan fingerprint density at radius 2 is 1.90 bits per heavy atom. The van der Waals surface area contributed by atoms with Gasteiger partial charge in [-0.05, 0) is 69.0 Å². The first-order valence-corrected chi connectivity index (χ1v) is 12.3. The fourth-order valence-corrected chi connectivity index (χ4v) is 5.07. The number of nitrogens with zero attached hydrogens (tertiary/aromatic N) is 3. The SMILES string of the molecule is CC1CCN(Cc2csc(NC(=O)[C@H]3CCCN(C(=O)c4ccc(Cl)cc4)C3)n2)CC1. The van der Waals surface area contributed by atoms with Gasteiger partial charge in [-0.25, -0.2) is 4.98 Å². The van der Waals surface area contributed by atoms with Gasteiger partial charge in [-0.3, -0.25) is 14.5 Å². The monoisotopic (exact) mass is 460 g/mol. The van der Waals surface area contributed by atoms with Crippen LogP contribution in [0.1, 0.15) is 48.7 Å². The molecule has 1 aromatic heterocycles. The third-order valence-corrected chi connectivity index (χ3v) is 7.27. The maximum Gasteiger partial charge on any atom is 0.253 e. The van der Waals surface area contributed by atoms with Crippen LogP contribution in [0.5, 0.6) is 0 Å². The molecule has 2 aromatic rings. The van der Waals surface area contributed by atoms with Crippen LogP contribution < -0.4 is 5.32 Å². The number of amides is 2. The number of carbonyl (C=O) groups is 2. The molecular formula is C23H29ClN4O2S. The quantitative estimate of drug-likeness (QED) is 0.712. The highest BCUT2D eigenvalue weighted by molar-refractivity contribution is 7.13. The number of hydrogen-bond acceptors (Lipinski definition) is 5. The number of carbonyl (C=O) groups excluding carboxylic acids is 2. The first-order chi connectivity index (χ1) is 15.0. The maximum absolute atomic E-state index is 12.8. The Morgan fingerprint density at radius 1 is 1.16 bits per heavy atom. The number of thiazole rings is 1. The second kappa shape index (κ2) is 10.1. The fourth-order valence-electron chi connectivity index (χ4n) is 4.24. The summed E-state index contributed by atoms with van der Waals surface area (Å²) >= 11 is 7.39. The molecule has 0 saturated carbocycles. The fraction of sp³-hybridized carbons (Fsp3) is 0.522. The molecule has 2 aliphatic heterocycles. The number of halogens is 1. The van der Waals surface area contributed by atoms with Crippen molar-refractivity contribution in [2.75, 3.05) is 31.5 Å². The Labute approximate surface area is 192 Å². The number of hydrogen-bond donors (Lipinski definition) is 1. The average Bonchev–Trinajstić information content (AvgIpc) is 3.22. The Bertz CT molecular complexity index is 909. The highest BCUT2D eigenvalue weighted by atomic mass is 35.5. The first-order valence-electron chi connectivity index (χ1n) is 11.0. The lowest BCUT2D eigenvalue weighted by atomic mass is 9.96. The van der Waals surface area contributed by atoms with Gasteiger partial charge in [0.2, 0.25) is 5.91 Å². The third kappa shape index (κ3) is 5.84. The largest absolute Gasteiger partial charge is 0.338 e. The molecule has 2 fully saturated rings. The van der Waals surface area contributed by atoms with E-state index in [0.717, 1.165) is 44.1 Å². The summed E-state index contributed by atoms with van der Waals surface area (Å²) in [6, 6.07) is 6.89. The number of likely N-dealkylation sites (tertiary alicyclic amines) is 2. The number of anilines is 1. The molecule has 0 radical (unpaired) electrons. The van der Waals surface area contributed by atoms with Gasteiger partial charge < -0.3 is 10.2 Å². The van der Waals surface area contributed by atoms with Crippen molar-refractivity contribution in [3.63, 3.8) is 0 Å². The molecule has 1 aromatic carbocycles. The van der Waals surface area contributed by atoms with Crippen LogP contribution in [0.2, 0.25) is 5.02 Å². The molecule has 2 amide bonds.